The van der Waals surface area contributed by atoms with Crippen molar-refractivity contribution in [1.29, 1.82) is 0 Å². The van der Waals surface area contributed by atoms with Crippen LogP contribution in [-0.2, 0) is 20.9 Å². The number of alkyl halides is 3. The molecule has 0 bridgehead atoms. The molecule has 3 rings (SSSR count). The topological polar surface area (TPSA) is 65.4 Å². The van der Waals surface area contributed by atoms with Crippen LogP contribution in [0, 0.1) is 6.92 Å². The first kappa shape index (κ1) is 21.6. The van der Waals surface area contributed by atoms with E-state index >= 15 is 0 Å². The zero-order chi connectivity index (χ0) is 22.1. The van der Waals surface area contributed by atoms with Crippen molar-refractivity contribution in [3.8, 4) is 11.1 Å². The van der Waals surface area contributed by atoms with E-state index in [0.717, 1.165) is 22.3 Å². The Morgan fingerprint density at radius 3 is 2.30 bits per heavy atom. The molecule has 0 radical (unpaired) electrons. The molecule has 0 N–H and O–H groups in total. The molecule has 1 aromatic heterocycles. The lowest BCUT2D eigenvalue weighted by atomic mass is 9.98. The molecular formula is C21H18F3NO4S. The van der Waals surface area contributed by atoms with Crippen LogP contribution in [0.1, 0.15) is 28.5 Å². The van der Waals surface area contributed by atoms with E-state index < -0.39 is 27.7 Å². The van der Waals surface area contributed by atoms with Crippen molar-refractivity contribution in [2.45, 2.75) is 24.9 Å². The normalized spacial score (nSPS) is 12.0. The van der Waals surface area contributed by atoms with Crippen LogP contribution < -0.4 is 0 Å². The fourth-order valence-electron chi connectivity index (χ4n) is 3.03. The van der Waals surface area contributed by atoms with Gasteiger partial charge in [-0.1, -0.05) is 24.3 Å². The number of esters is 1. The SMILES string of the molecule is CCOC(=O)c1c(-c2cc(C(F)(F)F)ccc2C)ccn1S(=O)(=O)c1ccccc1. The van der Waals surface area contributed by atoms with E-state index in [2.05, 4.69) is 0 Å². The highest BCUT2D eigenvalue weighted by atomic mass is 32.2. The Morgan fingerprint density at radius 1 is 1.03 bits per heavy atom. The average Bonchev–Trinajstić information content (AvgIpc) is 3.14. The Kier molecular flexibility index (Phi) is 5.76. The van der Waals surface area contributed by atoms with Crippen LogP contribution >= 0.6 is 0 Å². The number of hydrogen-bond acceptors (Lipinski definition) is 4. The molecule has 0 fully saturated rings. The lowest BCUT2D eigenvalue weighted by molar-refractivity contribution is -0.137. The molecule has 0 spiro atoms. The smallest absolute Gasteiger partial charge is 0.416 e. The zero-order valence-corrected chi connectivity index (χ0v) is 16.9. The van der Waals surface area contributed by atoms with Gasteiger partial charge < -0.3 is 4.74 Å². The van der Waals surface area contributed by atoms with Gasteiger partial charge in [0.2, 0.25) is 0 Å². The van der Waals surface area contributed by atoms with E-state index in [-0.39, 0.29) is 28.3 Å². The third-order valence-electron chi connectivity index (χ3n) is 4.48. The van der Waals surface area contributed by atoms with Gasteiger partial charge >= 0.3 is 12.1 Å². The van der Waals surface area contributed by atoms with Crippen LogP contribution in [-0.4, -0.2) is 25.0 Å². The number of benzene rings is 2. The first-order chi connectivity index (χ1) is 14.1. The molecule has 0 saturated heterocycles. The number of ether oxygens (including phenoxy) is 1. The number of aryl methyl sites for hydroxylation is 1. The Hall–Kier alpha value is -3.07. The minimum absolute atomic E-state index is 0.0313. The maximum Gasteiger partial charge on any atom is 0.416 e. The van der Waals surface area contributed by atoms with E-state index in [4.69, 9.17) is 4.74 Å². The summed E-state index contributed by atoms with van der Waals surface area (Å²) in [6.07, 6.45) is -3.45. The highest BCUT2D eigenvalue weighted by molar-refractivity contribution is 7.90. The van der Waals surface area contributed by atoms with Gasteiger partial charge in [0.15, 0.2) is 0 Å². The van der Waals surface area contributed by atoms with Gasteiger partial charge in [-0.3, -0.25) is 0 Å². The highest BCUT2D eigenvalue weighted by Crippen LogP contribution is 2.36. The van der Waals surface area contributed by atoms with Gasteiger partial charge in [-0.25, -0.2) is 17.2 Å². The molecule has 2 aromatic carbocycles. The third-order valence-corrected chi connectivity index (χ3v) is 6.17. The number of halogens is 3. The van der Waals surface area contributed by atoms with Crippen LogP contribution in [0.3, 0.4) is 0 Å². The summed E-state index contributed by atoms with van der Waals surface area (Å²) in [4.78, 5) is 12.6. The van der Waals surface area contributed by atoms with Gasteiger partial charge in [-0.05, 0) is 55.3 Å². The fraction of sp³-hybridized carbons (Fsp3) is 0.190. The van der Waals surface area contributed by atoms with E-state index in [1.807, 2.05) is 0 Å². The predicted molar refractivity (Wildman–Crippen MR) is 105 cm³/mol. The van der Waals surface area contributed by atoms with Crippen molar-refractivity contribution in [1.82, 2.24) is 3.97 Å². The molecule has 0 unspecified atom stereocenters. The summed E-state index contributed by atoms with van der Waals surface area (Å²) in [7, 11) is -4.18. The molecule has 0 aliphatic rings. The number of carbonyl (C=O) groups excluding carboxylic acids is 1. The molecule has 0 amide bonds. The number of nitrogens with zero attached hydrogens (tertiary/aromatic N) is 1. The number of rotatable bonds is 5. The largest absolute Gasteiger partial charge is 0.461 e. The summed E-state index contributed by atoms with van der Waals surface area (Å²) in [5.41, 5.74) is -0.686. The van der Waals surface area contributed by atoms with Crippen molar-refractivity contribution in [2.24, 2.45) is 0 Å². The van der Waals surface area contributed by atoms with Gasteiger partial charge in [0.25, 0.3) is 10.0 Å². The maximum atomic E-state index is 13.2. The Morgan fingerprint density at radius 2 is 1.70 bits per heavy atom. The second kappa shape index (κ2) is 7.98. The monoisotopic (exact) mass is 437 g/mol. The standard InChI is InChI=1S/C21H18F3NO4S/c1-3-29-20(26)19-17(18-13-15(21(22,23)24)10-9-14(18)2)11-12-25(19)30(27,28)16-7-5-4-6-8-16/h4-13H,3H2,1-2H3. The van der Waals surface area contributed by atoms with Gasteiger partial charge in [-0.15, -0.1) is 0 Å². The Labute approximate surface area is 171 Å². The molecule has 0 atom stereocenters. The summed E-state index contributed by atoms with van der Waals surface area (Å²) in [5, 5.41) is 0. The summed E-state index contributed by atoms with van der Waals surface area (Å²) in [5.74, 6) is -0.950. The van der Waals surface area contributed by atoms with E-state index in [1.165, 1.54) is 36.4 Å². The summed E-state index contributed by atoms with van der Waals surface area (Å²) in [6, 6.07) is 11.8. The van der Waals surface area contributed by atoms with E-state index in [0.29, 0.717) is 5.56 Å². The van der Waals surface area contributed by atoms with Crippen LogP contribution in [0.5, 0.6) is 0 Å². The summed E-state index contributed by atoms with van der Waals surface area (Å²) >= 11 is 0. The second-order valence-electron chi connectivity index (χ2n) is 6.44. The Bertz CT molecular complexity index is 1180. The molecule has 0 aliphatic carbocycles. The van der Waals surface area contributed by atoms with E-state index in [9.17, 15) is 26.4 Å². The molecule has 5 nitrogen and oxygen atoms in total. The Balaban J connectivity index is 2.28. The van der Waals surface area contributed by atoms with Crippen molar-refractivity contribution >= 4 is 16.0 Å². The number of aromatic nitrogens is 1. The van der Waals surface area contributed by atoms with Gasteiger partial charge in [0.05, 0.1) is 17.1 Å². The van der Waals surface area contributed by atoms with Crippen molar-refractivity contribution in [3.05, 3.63) is 77.6 Å². The quantitative estimate of drug-likeness (QED) is 0.533. The molecular weight excluding hydrogens is 419 g/mol. The van der Waals surface area contributed by atoms with E-state index in [1.54, 1.807) is 19.9 Å². The molecule has 0 saturated carbocycles. The van der Waals surface area contributed by atoms with Gasteiger partial charge in [0.1, 0.15) is 5.69 Å². The average molecular weight is 437 g/mol. The van der Waals surface area contributed by atoms with Gasteiger partial charge in [-0.2, -0.15) is 13.2 Å². The number of hydrogen-bond donors (Lipinski definition) is 0. The highest BCUT2D eigenvalue weighted by Gasteiger charge is 2.33. The minimum Gasteiger partial charge on any atom is -0.461 e. The molecule has 158 valence electrons. The molecule has 1 heterocycles. The minimum atomic E-state index is -4.59. The third kappa shape index (κ3) is 3.97. The van der Waals surface area contributed by atoms with Crippen LogP contribution in [0.4, 0.5) is 13.2 Å². The lowest BCUT2D eigenvalue weighted by Gasteiger charge is -2.14. The fourth-order valence-corrected chi connectivity index (χ4v) is 4.39. The summed E-state index contributed by atoms with van der Waals surface area (Å²) in [6.45, 7) is 3.09. The molecule has 3 aromatic rings. The van der Waals surface area contributed by atoms with Crippen LogP contribution in [0.15, 0.2) is 65.7 Å². The first-order valence-corrected chi connectivity index (χ1v) is 10.4. The maximum absolute atomic E-state index is 13.2. The molecule has 30 heavy (non-hydrogen) atoms. The number of carbonyl (C=O) groups is 1. The molecule has 9 heteroatoms. The summed E-state index contributed by atoms with van der Waals surface area (Å²) < 4.78 is 71.6. The molecule has 0 aliphatic heterocycles. The van der Waals surface area contributed by atoms with Crippen molar-refractivity contribution < 1.29 is 31.1 Å². The van der Waals surface area contributed by atoms with Crippen LogP contribution in [0.25, 0.3) is 11.1 Å². The first-order valence-electron chi connectivity index (χ1n) is 8.94. The zero-order valence-electron chi connectivity index (χ0n) is 16.1. The van der Waals surface area contributed by atoms with Crippen molar-refractivity contribution in [2.75, 3.05) is 6.61 Å². The van der Waals surface area contributed by atoms with Crippen molar-refractivity contribution in [3.63, 3.8) is 0 Å². The lowest BCUT2D eigenvalue weighted by Crippen LogP contribution is -2.20. The van der Waals surface area contributed by atoms with Gasteiger partial charge in [0, 0.05) is 11.8 Å². The van der Waals surface area contributed by atoms with Crippen LogP contribution in [0.2, 0.25) is 0 Å². The predicted octanol–water partition coefficient (Wildman–Crippen LogP) is 4.90. The second-order valence-corrected chi connectivity index (χ2v) is 8.25.